The summed E-state index contributed by atoms with van der Waals surface area (Å²) in [6.07, 6.45) is 2.58. The largest absolute Gasteiger partial charge is 0.399 e. The molecule has 4 heteroatoms. The predicted molar refractivity (Wildman–Crippen MR) is 79.0 cm³/mol. The van der Waals surface area contributed by atoms with Crippen LogP contribution in [0.1, 0.15) is 10.7 Å². The molecule has 0 aliphatic rings. The maximum atomic E-state index is 5.79. The Morgan fingerprint density at radius 2 is 2.05 bits per heavy atom. The fourth-order valence-corrected chi connectivity index (χ4v) is 2.70. The highest BCUT2D eigenvalue weighted by Gasteiger charge is 2.06. The molecule has 2 heterocycles. The summed E-state index contributed by atoms with van der Waals surface area (Å²) in [6.45, 7) is 0. The van der Waals surface area contributed by atoms with Crippen molar-refractivity contribution in [3.8, 4) is 11.3 Å². The van der Waals surface area contributed by atoms with E-state index in [0.29, 0.717) is 0 Å². The van der Waals surface area contributed by atoms with Crippen molar-refractivity contribution in [3.63, 3.8) is 0 Å². The summed E-state index contributed by atoms with van der Waals surface area (Å²) < 4.78 is 0. The number of nitrogens with zero attached hydrogens (tertiary/aromatic N) is 2. The average Bonchev–Trinajstić information content (AvgIpc) is 2.88. The first-order valence-electron chi connectivity index (χ1n) is 6.01. The normalized spacial score (nSPS) is 10.5. The van der Waals surface area contributed by atoms with Crippen LogP contribution in [0.15, 0.2) is 54.0 Å². The van der Waals surface area contributed by atoms with Crippen LogP contribution in [-0.4, -0.2) is 9.97 Å². The molecule has 94 valence electrons. The Hall–Kier alpha value is -2.20. The number of anilines is 1. The summed E-state index contributed by atoms with van der Waals surface area (Å²) in [5.74, 6) is 0. The molecule has 3 rings (SSSR count). The third-order valence-electron chi connectivity index (χ3n) is 2.79. The van der Waals surface area contributed by atoms with Crippen molar-refractivity contribution in [3.05, 3.63) is 64.7 Å². The highest BCUT2D eigenvalue weighted by molar-refractivity contribution is 7.10. The number of pyridine rings is 1. The topological polar surface area (TPSA) is 51.8 Å². The second-order valence-electron chi connectivity index (χ2n) is 4.25. The van der Waals surface area contributed by atoms with E-state index >= 15 is 0 Å². The number of nitrogen functional groups attached to an aromatic ring is 1. The van der Waals surface area contributed by atoms with Crippen molar-refractivity contribution in [2.45, 2.75) is 6.42 Å². The van der Waals surface area contributed by atoms with Crippen LogP contribution in [0.4, 0.5) is 5.69 Å². The summed E-state index contributed by atoms with van der Waals surface area (Å²) in [5.41, 5.74) is 9.62. The number of aromatic nitrogens is 2. The SMILES string of the molecule is Nc1cccc(-c2csc(Cc3ccccn3)n2)c1. The van der Waals surface area contributed by atoms with Gasteiger partial charge in [-0.2, -0.15) is 0 Å². The Morgan fingerprint density at radius 3 is 2.84 bits per heavy atom. The zero-order valence-corrected chi connectivity index (χ0v) is 11.1. The molecule has 0 amide bonds. The molecular formula is C15H13N3S. The molecule has 2 aromatic heterocycles. The molecule has 2 N–H and O–H groups in total. The lowest BCUT2D eigenvalue weighted by Gasteiger charge is -1.98. The fourth-order valence-electron chi connectivity index (χ4n) is 1.88. The number of nitrogens with two attached hydrogens (primary N) is 1. The lowest BCUT2D eigenvalue weighted by Crippen LogP contribution is -1.90. The lowest BCUT2D eigenvalue weighted by molar-refractivity contribution is 1.05. The first-order valence-corrected chi connectivity index (χ1v) is 6.89. The number of benzene rings is 1. The van der Waals surface area contributed by atoms with Gasteiger partial charge in [0, 0.05) is 34.9 Å². The van der Waals surface area contributed by atoms with E-state index < -0.39 is 0 Å². The third-order valence-corrected chi connectivity index (χ3v) is 3.64. The molecule has 0 aliphatic heterocycles. The van der Waals surface area contributed by atoms with E-state index in [1.54, 1.807) is 11.3 Å². The van der Waals surface area contributed by atoms with Gasteiger partial charge in [0.15, 0.2) is 0 Å². The fraction of sp³-hybridized carbons (Fsp3) is 0.0667. The number of hydrogen-bond donors (Lipinski definition) is 1. The van der Waals surface area contributed by atoms with E-state index in [2.05, 4.69) is 15.3 Å². The second kappa shape index (κ2) is 5.20. The summed E-state index contributed by atoms with van der Waals surface area (Å²) in [7, 11) is 0. The van der Waals surface area contributed by atoms with E-state index in [0.717, 1.165) is 34.1 Å². The van der Waals surface area contributed by atoms with Crippen LogP contribution in [-0.2, 0) is 6.42 Å². The van der Waals surface area contributed by atoms with Gasteiger partial charge in [0.2, 0.25) is 0 Å². The van der Waals surface area contributed by atoms with Gasteiger partial charge in [-0.25, -0.2) is 4.98 Å². The summed E-state index contributed by atoms with van der Waals surface area (Å²) in [5, 5.41) is 3.13. The zero-order chi connectivity index (χ0) is 13.1. The summed E-state index contributed by atoms with van der Waals surface area (Å²) in [4.78, 5) is 8.96. The van der Waals surface area contributed by atoms with Crippen molar-refractivity contribution in [2.24, 2.45) is 0 Å². The quantitative estimate of drug-likeness (QED) is 0.740. The molecule has 3 nitrogen and oxygen atoms in total. The molecular weight excluding hydrogens is 254 g/mol. The van der Waals surface area contributed by atoms with E-state index in [9.17, 15) is 0 Å². The molecule has 0 unspecified atom stereocenters. The van der Waals surface area contributed by atoms with Crippen LogP contribution in [0, 0.1) is 0 Å². The molecule has 1 aromatic carbocycles. The van der Waals surface area contributed by atoms with Gasteiger partial charge in [-0.1, -0.05) is 18.2 Å². The van der Waals surface area contributed by atoms with Gasteiger partial charge in [0.1, 0.15) is 0 Å². The Labute approximate surface area is 115 Å². The molecule has 0 bridgehead atoms. The van der Waals surface area contributed by atoms with Gasteiger partial charge in [0.05, 0.1) is 10.7 Å². The van der Waals surface area contributed by atoms with E-state index in [1.165, 1.54) is 0 Å². The first kappa shape index (κ1) is 11.9. The van der Waals surface area contributed by atoms with Crippen molar-refractivity contribution in [1.29, 1.82) is 0 Å². The lowest BCUT2D eigenvalue weighted by atomic mass is 10.1. The third kappa shape index (κ3) is 2.80. The van der Waals surface area contributed by atoms with Crippen molar-refractivity contribution < 1.29 is 0 Å². The van der Waals surface area contributed by atoms with Crippen molar-refractivity contribution in [1.82, 2.24) is 9.97 Å². The molecule has 0 saturated heterocycles. The van der Waals surface area contributed by atoms with Gasteiger partial charge in [0.25, 0.3) is 0 Å². The first-order chi connectivity index (χ1) is 9.31. The monoisotopic (exact) mass is 267 g/mol. The zero-order valence-electron chi connectivity index (χ0n) is 10.3. The van der Waals surface area contributed by atoms with Gasteiger partial charge in [-0.05, 0) is 24.3 Å². The van der Waals surface area contributed by atoms with Crippen LogP contribution >= 0.6 is 11.3 Å². The standard InChI is InChI=1S/C15H13N3S/c16-12-5-3-4-11(8-12)14-10-19-15(18-14)9-13-6-1-2-7-17-13/h1-8,10H,9,16H2. The molecule has 19 heavy (non-hydrogen) atoms. The Kier molecular flexibility index (Phi) is 3.25. The van der Waals surface area contributed by atoms with Crippen LogP contribution in [0.5, 0.6) is 0 Å². The average molecular weight is 267 g/mol. The van der Waals surface area contributed by atoms with Gasteiger partial charge in [-0.15, -0.1) is 11.3 Å². The molecule has 0 saturated carbocycles. The Bertz CT molecular complexity index is 677. The van der Waals surface area contributed by atoms with E-state index in [1.807, 2.05) is 48.7 Å². The number of thiazole rings is 1. The van der Waals surface area contributed by atoms with Crippen LogP contribution in [0.2, 0.25) is 0 Å². The number of rotatable bonds is 3. The summed E-state index contributed by atoms with van der Waals surface area (Å²) in [6, 6.07) is 13.7. The molecule has 0 radical (unpaired) electrons. The van der Waals surface area contributed by atoms with E-state index in [-0.39, 0.29) is 0 Å². The Balaban J connectivity index is 1.84. The van der Waals surface area contributed by atoms with E-state index in [4.69, 9.17) is 5.73 Å². The minimum atomic E-state index is 0.761. The highest BCUT2D eigenvalue weighted by Crippen LogP contribution is 2.24. The van der Waals surface area contributed by atoms with Crippen LogP contribution in [0.25, 0.3) is 11.3 Å². The van der Waals surface area contributed by atoms with Gasteiger partial charge >= 0.3 is 0 Å². The maximum absolute atomic E-state index is 5.79. The smallest absolute Gasteiger partial charge is 0.0992 e. The molecule has 0 aliphatic carbocycles. The second-order valence-corrected chi connectivity index (χ2v) is 5.19. The minimum absolute atomic E-state index is 0.761. The minimum Gasteiger partial charge on any atom is -0.399 e. The van der Waals surface area contributed by atoms with Crippen LogP contribution in [0.3, 0.4) is 0 Å². The van der Waals surface area contributed by atoms with Crippen molar-refractivity contribution >= 4 is 17.0 Å². The molecule has 0 atom stereocenters. The number of hydrogen-bond acceptors (Lipinski definition) is 4. The molecule has 0 fully saturated rings. The van der Waals surface area contributed by atoms with Crippen molar-refractivity contribution in [2.75, 3.05) is 5.73 Å². The molecule has 3 aromatic rings. The van der Waals surface area contributed by atoms with Gasteiger partial charge < -0.3 is 5.73 Å². The molecule has 0 spiro atoms. The predicted octanol–water partition coefficient (Wildman–Crippen LogP) is 3.38. The Morgan fingerprint density at radius 1 is 1.11 bits per heavy atom. The van der Waals surface area contributed by atoms with Gasteiger partial charge in [-0.3, -0.25) is 4.98 Å². The maximum Gasteiger partial charge on any atom is 0.0992 e. The summed E-state index contributed by atoms with van der Waals surface area (Å²) >= 11 is 1.65. The van der Waals surface area contributed by atoms with Crippen LogP contribution < -0.4 is 5.73 Å². The highest BCUT2D eigenvalue weighted by atomic mass is 32.1.